The van der Waals surface area contributed by atoms with Crippen molar-refractivity contribution in [2.24, 2.45) is 4.99 Å². The lowest BCUT2D eigenvalue weighted by molar-refractivity contribution is 0.229. The number of aliphatic imine (C=N–C) groups is 1. The summed E-state index contributed by atoms with van der Waals surface area (Å²) in [7, 11) is 0.784. The molecule has 0 N–H and O–H groups in total. The van der Waals surface area contributed by atoms with Gasteiger partial charge in [0.1, 0.15) is 10.5 Å². The van der Waals surface area contributed by atoms with Crippen LogP contribution in [-0.2, 0) is 9.22 Å². The fraction of sp³-hybridized carbons (Fsp3) is 0.833. The van der Waals surface area contributed by atoms with Crippen LogP contribution in [0.1, 0.15) is 19.8 Å². The molecule has 0 spiro atoms. The van der Waals surface area contributed by atoms with Gasteiger partial charge in [0.15, 0.2) is 0 Å². The molecule has 0 aromatic heterocycles. The largest absolute Gasteiger partial charge is 0.425 e. The number of hydrogen-bond acceptors (Lipinski definition) is 3. The highest BCUT2D eigenvalue weighted by atomic mass is 28.2. The third-order valence-electron chi connectivity index (χ3n) is 1.35. The fourth-order valence-electron chi connectivity index (χ4n) is 0.621. The summed E-state index contributed by atoms with van der Waals surface area (Å²) in [4.78, 5) is 13.0. The molecule has 0 aliphatic heterocycles. The standard InChI is InChI=1S/C6H13NO2Si/c1-6(9-10)3-2-4-7-5-8/h6H,2-4H2,1,10H3. The van der Waals surface area contributed by atoms with Crippen molar-refractivity contribution in [2.45, 2.75) is 25.9 Å². The molecule has 4 heteroatoms. The van der Waals surface area contributed by atoms with E-state index in [1.165, 1.54) is 6.08 Å². The molecule has 0 fully saturated rings. The second-order valence-electron chi connectivity index (χ2n) is 2.16. The number of hydrogen-bond donors (Lipinski definition) is 0. The van der Waals surface area contributed by atoms with Gasteiger partial charge in [-0.1, -0.05) is 0 Å². The van der Waals surface area contributed by atoms with Gasteiger partial charge >= 0.3 is 0 Å². The molecule has 0 radical (unpaired) electrons. The maximum Gasteiger partial charge on any atom is 0.234 e. The van der Waals surface area contributed by atoms with E-state index in [-0.39, 0.29) is 0 Å². The van der Waals surface area contributed by atoms with Crippen molar-refractivity contribution in [3.8, 4) is 0 Å². The first-order valence-electron chi connectivity index (χ1n) is 3.37. The molecular formula is C6H13NO2Si. The lowest BCUT2D eigenvalue weighted by atomic mass is 10.2. The molecule has 0 aliphatic rings. The van der Waals surface area contributed by atoms with Crippen LogP contribution in [0.3, 0.4) is 0 Å². The smallest absolute Gasteiger partial charge is 0.234 e. The molecule has 1 atom stereocenters. The fourth-order valence-corrected chi connectivity index (χ4v) is 0.857. The number of nitrogens with zero attached hydrogens (tertiary/aromatic N) is 1. The van der Waals surface area contributed by atoms with Crippen molar-refractivity contribution < 1.29 is 9.22 Å². The first kappa shape index (κ1) is 9.56. The first-order chi connectivity index (χ1) is 4.81. The Morgan fingerprint density at radius 1 is 1.80 bits per heavy atom. The second kappa shape index (κ2) is 6.67. The summed E-state index contributed by atoms with van der Waals surface area (Å²) >= 11 is 0. The van der Waals surface area contributed by atoms with E-state index >= 15 is 0 Å². The molecule has 0 saturated heterocycles. The average Bonchev–Trinajstić information content (AvgIpc) is 1.98. The molecule has 0 rings (SSSR count). The zero-order valence-electron chi connectivity index (χ0n) is 6.46. The van der Waals surface area contributed by atoms with Crippen LogP contribution in [0.15, 0.2) is 4.99 Å². The van der Waals surface area contributed by atoms with Gasteiger partial charge in [0.2, 0.25) is 6.08 Å². The molecule has 0 aromatic rings. The Morgan fingerprint density at radius 2 is 2.50 bits per heavy atom. The van der Waals surface area contributed by atoms with Crippen LogP contribution in [0.2, 0.25) is 0 Å². The number of isocyanates is 1. The lowest BCUT2D eigenvalue weighted by Gasteiger charge is -2.06. The van der Waals surface area contributed by atoms with Gasteiger partial charge in [-0.3, -0.25) is 0 Å². The Bertz CT molecular complexity index is 123. The quantitative estimate of drug-likeness (QED) is 0.241. The van der Waals surface area contributed by atoms with Crippen molar-refractivity contribution in [3.63, 3.8) is 0 Å². The molecule has 0 bridgehead atoms. The van der Waals surface area contributed by atoms with Crippen LogP contribution < -0.4 is 0 Å². The van der Waals surface area contributed by atoms with Gasteiger partial charge in [-0.25, -0.2) is 9.79 Å². The van der Waals surface area contributed by atoms with E-state index in [2.05, 4.69) is 4.99 Å². The predicted molar refractivity (Wildman–Crippen MR) is 42.7 cm³/mol. The molecular weight excluding hydrogens is 146 g/mol. The zero-order valence-corrected chi connectivity index (χ0v) is 8.46. The Balaban J connectivity index is 3.10. The summed E-state index contributed by atoms with van der Waals surface area (Å²) in [6, 6.07) is 0. The number of rotatable bonds is 5. The van der Waals surface area contributed by atoms with Crippen LogP contribution in [0, 0.1) is 0 Å². The Morgan fingerprint density at radius 3 is 3.00 bits per heavy atom. The highest BCUT2D eigenvalue weighted by Crippen LogP contribution is 1.98. The van der Waals surface area contributed by atoms with Crippen molar-refractivity contribution in [3.05, 3.63) is 0 Å². The average molecular weight is 159 g/mol. The summed E-state index contributed by atoms with van der Waals surface area (Å²) in [5.41, 5.74) is 0. The minimum absolute atomic E-state index is 0.327. The Labute approximate surface area is 64.0 Å². The maximum atomic E-state index is 9.60. The zero-order chi connectivity index (χ0) is 7.82. The molecule has 0 aromatic carbocycles. The third kappa shape index (κ3) is 5.69. The summed E-state index contributed by atoms with van der Waals surface area (Å²) in [5, 5.41) is 0. The van der Waals surface area contributed by atoms with E-state index < -0.39 is 0 Å². The van der Waals surface area contributed by atoms with E-state index in [0.29, 0.717) is 12.6 Å². The summed E-state index contributed by atoms with van der Waals surface area (Å²) in [6.45, 7) is 2.61. The normalized spacial score (nSPS) is 12.5. The minimum Gasteiger partial charge on any atom is -0.425 e. The predicted octanol–water partition coefficient (Wildman–Crippen LogP) is -0.212. The van der Waals surface area contributed by atoms with E-state index in [1.54, 1.807) is 0 Å². The molecule has 3 nitrogen and oxygen atoms in total. The van der Waals surface area contributed by atoms with Gasteiger partial charge in [-0.15, -0.1) is 0 Å². The molecule has 10 heavy (non-hydrogen) atoms. The molecule has 0 heterocycles. The van der Waals surface area contributed by atoms with Gasteiger partial charge in [0.25, 0.3) is 0 Å². The molecule has 58 valence electrons. The summed E-state index contributed by atoms with van der Waals surface area (Å²) in [5.74, 6) is 0. The molecule has 1 unspecified atom stereocenters. The van der Waals surface area contributed by atoms with E-state index in [1.807, 2.05) is 6.92 Å². The van der Waals surface area contributed by atoms with Crippen molar-refractivity contribution in [1.82, 2.24) is 0 Å². The first-order valence-corrected chi connectivity index (χ1v) is 4.19. The van der Waals surface area contributed by atoms with Gasteiger partial charge in [-0.2, -0.15) is 0 Å². The van der Waals surface area contributed by atoms with Crippen LogP contribution in [0.25, 0.3) is 0 Å². The third-order valence-corrected chi connectivity index (χ3v) is 2.15. The lowest BCUT2D eigenvalue weighted by Crippen LogP contribution is -2.05. The molecule has 0 amide bonds. The van der Waals surface area contributed by atoms with Crippen LogP contribution >= 0.6 is 0 Å². The van der Waals surface area contributed by atoms with Crippen molar-refractivity contribution >= 4 is 16.6 Å². The van der Waals surface area contributed by atoms with Crippen molar-refractivity contribution in [2.75, 3.05) is 6.54 Å². The highest BCUT2D eigenvalue weighted by Gasteiger charge is 1.95. The van der Waals surface area contributed by atoms with Gasteiger partial charge in [0, 0.05) is 6.10 Å². The van der Waals surface area contributed by atoms with E-state index in [4.69, 9.17) is 4.43 Å². The van der Waals surface area contributed by atoms with Crippen LogP contribution in [0.4, 0.5) is 0 Å². The van der Waals surface area contributed by atoms with E-state index in [0.717, 1.165) is 23.3 Å². The summed E-state index contributed by atoms with van der Waals surface area (Å²) < 4.78 is 5.13. The molecule has 0 aliphatic carbocycles. The Hall–Kier alpha value is -0.443. The van der Waals surface area contributed by atoms with Gasteiger partial charge in [-0.05, 0) is 19.8 Å². The Kier molecular flexibility index (Phi) is 6.38. The highest BCUT2D eigenvalue weighted by molar-refractivity contribution is 5.98. The monoisotopic (exact) mass is 159 g/mol. The maximum absolute atomic E-state index is 9.60. The van der Waals surface area contributed by atoms with Gasteiger partial charge in [0.05, 0.1) is 6.54 Å². The molecule has 0 saturated carbocycles. The van der Waals surface area contributed by atoms with E-state index in [9.17, 15) is 4.79 Å². The second-order valence-corrected chi connectivity index (χ2v) is 2.63. The topological polar surface area (TPSA) is 38.7 Å². The summed E-state index contributed by atoms with van der Waals surface area (Å²) in [6.07, 6.45) is 3.73. The van der Waals surface area contributed by atoms with Crippen LogP contribution in [0.5, 0.6) is 0 Å². The minimum atomic E-state index is 0.327. The van der Waals surface area contributed by atoms with Crippen LogP contribution in [-0.4, -0.2) is 29.2 Å². The SMILES string of the molecule is CC(CCCN=C=O)O[SiH3]. The number of carbonyl (C=O) groups excluding carboxylic acids is 1. The van der Waals surface area contributed by atoms with Gasteiger partial charge < -0.3 is 4.43 Å². The van der Waals surface area contributed by atoms with Crippen molar-refractivity contribution in [1.29, 1.82) is 0 Å².